The van der Waals surface area contributed by atoms with Crippen molar-refractivity contribution in [3.8, 4) is 16.9 Å². The van der Waals surface area contributed by atoms with E-state index >= 15 is 0 Å². The van der Waals surface area contributed by atoms with Gasteiger partial charge in [0.2, 0.25) is 5.43 Å². The molecule has 2 aromatic carbocycles. The van der Waals surface area contributed by atoms with Crippen LogP contribution >= 0.6 is 0 Å². The number of benzene rings is 2. The fourth-order valence-corrected chi connectivity index (χ4v) is 2.18. The van der Waals surface area contributed by atoms with Crippen LogP contribution in [-0.4, -0.2) is 7.11 Å². The molecule has 0 aliphatic rings. The fourth-order valence-electron chi connectivity index (χ4n) is 2.18. The zero-order chi connectivity index (χ0) is 14.1. The van der Waals surface area contributed by atoms with Gasteiger partial charge >= 0.3 is 0 Å². The summed E-state index contributed by atoms with van der Waals surface area (Å²) < 4.78 is 10.6. The molecule has 0 amide bonds. The summed E-state index contributed by atoms with van der Waals surface area (Å²) in [6, 6.07) is 12.3. The van der Waals surface area contributed by atoms with Gasteiger partial charge in [-0.2, -0.15) is 0 Å². The molecule has 0 fully saturated rings. The Balaban J connectivity index is 2.25. The number of nitrogens with two attached hydrogens (primary N) is 1. The third-order valence-electron chi connectivity index (χ3n) is 3.23. The van der Waals surface area contributed by atoms with Crippen LogP contribution in [0.15, 0.2) is 57.9 Å². The molecular weight excluding hydrogens is 254 g/mol. The Labute approximate surface area is 115 Å². The second-order valence-electron chi connectivity index (χ2n) is 4.43. The lowest BCUT2D eigenvalue weighted by Crippen LogP contribution is -2.06. The summed E-state index contributed by atoms with van der Waals surface area (Å²) in [6.07, 6.45) is 1.45. The Morgan fingerprint density at radius 1 is 1.10 bits per heavy atom. The fraction of sp³-hybridized carbons (Fsp3) is 0.0625. The van der Waals surface area contributed by atoms with Gasteiger partial charge in [-0.1, -0.05) is 12.1 Å². The molecule has 20 heavy (non-hydrogen) atoms. The Morgan fingerprint density at radius 3 is 2.65 bits per heavy atom. The first-order valence-corrected chi connectivity index (χ1v) is 6.15. The number of fused-ring (bicyclic) bond motifs is 1. The van der Waals surface area contributed by atoms with Gasteiger partial charge in [-0.05, 0) is 24.3 Å². The molecule has 0 saturated heterocycles. The number of methoxy groups -OCH3 is 1. The third kappa shape index (κ3) is 1.91. The van der Waals surface area contributed by atoms with Crippen LogP contribution in [0.4, 0.5) is 5.69 Å². The number of hydrogen-bond acceptors (Lipinski definition) is 4. The van der Waals surface area contributed by atoms with Crippen LogP contribution in [0.1, 0.15) is 0 Å². The molecule has 0 spiro atoms. The second-order valence-corrected chi connectivity index (χ2v) is 4.43. The molecule has 0 atom stereocenters. The minimum Gasteiger partial charge on any atom is -0.497 e. The van der Waals surface area contributed by atoms with Gasteiger partial charge in [0.15, 0.2) is 0 Å². The first kappa shape index (κ1) is 12.3. The smallest absolute Gasteiger partial charge is 0.200 e. The van der Waals surface area contributed by atoms with Gasteiger partial charge in [-0.3, -0.25) is 4.79 Å². The lowest BCUT2D eigenvalue weighted by Gasteiger charge is -2.07. The van der Waals surface area contributed by atoms with Gasteiger partial charge in [0, 0.05) is 17.3 Å². The maximum Gasteiger partial charge on any atom is 0.200 e. The first-order valence-electron chi connectivity index (χ1n) is 6.15. The molecule has 100 valence electrons. The zero-order valence-corrected chi connectivity index (χ0v) is 10.9. The van der Waals surface area contributed by atoms with Crippen molar-refractivity contribution >= 4 is 16.7 Å². The second kappa shape index (κ2) is 4.74. The molecule has 1 heterocycles. The molecule has 0 aliphatic heterocycles. The van der Waals surface area contributed by atoms with E-state index in [-0.39, 0.29) is 5.43 Å². The Hall–Kier alpha value is -2.75. The van der Waals surface area contributed by atoms with Crippen LogP contribution in [0.3, 0.4) is 0 Å². The predicted octanol–water partition coefficient (Wildman–Crippen LogP) is 3.05. The van der Waals surface area contributed by atoms with E-state index in [1.54, 1.807) is 43.5 Å². The SMILES string of the molecule is COc1ccc(-c2coc3ccccc3c2=O)c(N)c1. The number of ether oxygens (including phenoxy) is 1. The highest BCUT2D eigenvalue weighted by Crippen LogP contribution is 2.28. The van der Waals surface area contributed by atoms with Crippen molar-refractivity contribution in [1.82, 2.24) is 0 Å². The van der Waals surface area contributed by atoms with E-state index in [0.717, 1.165) is 0 Å². The van der Waals surface area contributed by atoms with Gasteiger partial charge in [0.1, 0.15) is 17.6 Å². The minimum atomic E-state index is -0.0938. The number of hydrogen-bond donors (Lipinski definition) is 1. The van der Waals surface area contributed by atoms with E-state index in [1.165, 1.54) is 6.26 Å². The van der Waals surface area contributed by atoms with Crippen molar-refractivity contribution in [3.63, 3.8) is 0 Å². The van der Waals surface area contributed by atoms with E-state index in [9.17, 15) is 4.79 Å². The Morgan fingerprint density at radius 2 is 1.90 bits per heavy atom. The summed E-state index contributed by atoms with van der Waals surface area (Å²) in [4.78, 5) is 12.5. The molecule has 3 rings (SSSR count). The van der Waals surface area contributed by atoms with Crippen LogP contribution in [0.2, 0.25) is 0 Å². The molecule has 0 saturated carbocycles. The van der Waals surface area contributed by atoms with Gasteiger partial charge in [-0.25, -0.2) is 0 Å². The van der Waals surface area contributed by atoms with Gasteiger partial charge in [0.05, 0.1) is 18.1 Å². The number of para-hydroxylation sites is 1. The van der Waals surface area contributed by atoms with Gasteiger partial charge < -0.3 is 14.9 Å². The monoisotopic (exact) mass is 267 g/mol. The molecule has 0 unspecified atom stereocenters. The molecule has 4 heteroatoms. The maximum atomic E-state index is 12.5. The summed E-state index contributed by atoms with van der Waals surface area (Å²) >= 11 is 0. The lowest BCUT2D eigenvalue weighted by molar-refractivity contribution is 0.415. The van der Waals surface area contributed by atoms with Crippen molar-refractivity contribution in [2.24, 2.45) is 0 Å². The highest BCUT2D eigenvalue weighted by molar-refractivity contribution is 5.85. The minimum absolute atomic E-state index is 0.0938. The van der Waals surface area contributed by atoms with Crippen LogP contribution < -0.4 is 15.9 Å². The van der Waals surface area contributed by atoms with Crippen LogP contribution in [0.5, 0.6) is 5.75 Å². The topological polar surface area (TPSA) is 65.5 Å². The molecule has 2 N–H and O–H groups in total. The highest BCUT2D eigenvalue weighted by Gasteiger charge is 2.11. The maximum absolute atomic E-state index is 12.5. The molecule has 0 bridgehead atoms. The number of rotatable bonds is 2. The van der Waals surface area contributed by atoms with Crippen molar-refractivity contribution in [2.45, 2.75) is 0 Å². The van der Waals surface area contributed by atoms with E-state index in [2.05, 4.69) is 0 Å². The average molecular weight is 267 g/mol. The first-order chi connectivity index (χ1) is 9.70. The third-order valence-corrected chi connectivity index (χ3v) is 3.23. The zero-order valence-electron chi connectivity index (χ0n) is 10.9. The lowest BCUT2D eigenvalue weighted by atomic mass is 10.0. The van der Waals surface area contributed by atoms with Crippen molar-refractivity contribution in [2.75, 3.05) is 12.8 Å². The molecular formula is C16H13NO3. The molecule has 1 aromatic heterocycles. The predicted molar refractivity (Wildman–Crippen MR) is 78.9 cm³/mol. The summed E-state index contributed by atoms with van der Waals surface area (Å²) in [6.45, 7) is 0. The molecule has 4 nitrogen and oxygen atoms in total. The van der Waals surface area contributed by atoms with Crippen molar-refractivity contribution in [1.29, 1.82) is 0 Å². The van der Waals surface area contributed by atoms with Crippen LogP contribution in [0, 0.1) is 0 Å². The molecule has 0 aliphatic carbocycles. The van der Waals surface area contributed by atoms with Gasteiger partial charge in [-0.15, -0.1) is 0 Å². The summed E-state index contributed by atoms with van der Waals surface area (Å²) in [7, 11) is 1.57. The Kier molecular flexibility index (Phi) is 2.91. The number of anilines is 1. The average Bonchev–Trinajstić information content (AvgIpc) is 2.48. The van der Waals surface area contributed by atoms with E-state index in [0.29, 0.717) is 33.5 Å². The summed E-state index contributed by atoms with van der Waals surface area (Å²) in [5.41, 5.74) is 8.02. The Bertz CT molecular complexity index is 836. The van der Waals surface area contributed by atoms with E-state index in [1.807, 2.05) is 6.07 Å². The summed E-state index contributed by atoms with van der Waals surface area (Å²) in [5, 5.41) is 0.542. The van der Waals surface area contributed by atoms with Crippen LogP contribution in [0.25, 0.3) is 22.1 Å². The largest absolute Gasteiger partial charge is 0.497 e. The molecule has 3 aromatic rings. The van der Waals surface area contributed by atoms with E-state index < -0.39 is 0 Å². The van der Waals surface area contributed by atoms with Crippen LogP contribution in [-0.2, 0) is 0 Å². The normalized spacial score (nSPS) is 10.7. The highest BCUT2D eigenvalue weighted by atomic mass is 16.5. The molecule has 0 radical (unpaired) electrons. The van der Waals surface area contributed by atoms with Gasteiger partial charge in [0.25, 0.3) is 0 Å². The quantitative estimate of drug-likeness (QED) is 0.725. The standard InChI is InChI=1S/C16H13NO3/c1-19-10-6-7-11(14(17)8-10)13-9-20-15-5-3-2-4-12(15)16(13)18/h2-9H,17H2,1H3. The van der Waals surface area contributed by atoms with Crippen molar-refractivity contribution in [3.05, 3.63) is 59.0 Å². The van der Waals surface area contributed by atoms with Crippen molar-refractivity contribution < 1.29 is 9.15 Å². The number of nitrogen functional groups attached to an aromatic ring is 1. The summed E-state index contributed by atoms with van der Waals surface area (Å²) in [5.74, 6) is 0.649. The van der Waals surface area contributed by atoms with E-state index in [4.69, 9.17) is 14.9 Å².